The second-order valence-corrected chi connectivity index (χ2v) is 4.27. The first kappa shape index (κ1) is 10.5. The summed E-state index contributed by atoms with van der Waals surface area (Å²) in [7, 11) is 1.67. The Morgan fingerprint density at radius 3 is 3.20 bits per heavy atom. The van der Waals surface area contributed by atoms with E-state index in [1.807, 2.05) is 0 Å². The summed E-state index contributed by atoms with van der Waals surface area (Å²) in [5.41, 5.74) is 0. The summed E-state index contributed by atoms with van der Waals surface area (Å²) in [5, 5.41) is 7.49. The van der Waals surface area contributed by atoms with Gasteiger partial charge in [-0.2, -0.15) is 0 Å². The smallest absolute Gasteiger partial charge is 0.284 e. The van der Waals surface area contributed by atoms with Gasteiger partial charge in [-0.1, -0.05) is 0 Å². The van der Waals surface area contributed by atoms with Crippen molar-refractivity contribution in [2.45, 2.75) is 6.42 Å². The van der Waals surface area contributed by atoms with Crippen molar-refractivity contribution >= 4 is 23.6 Å². The molecule has 2 rings (SSSR count). The third-order valence-corrected chi connectivity index (χ3v) is 2.94. The van der Waals surface area contributed by atoms with Crippen LogP contribution in [0.2, 0.25) is 0 Å². The largest absolute Gasteiger partial charge is 0.408 e. The second-order valence-electron chi connectivity index (χ2n) is 2.78. The molecule has 5 nitrogen and oxygen atoms in total. The molecular formula is C8H9N3O2S2. The van der Waals surface area contributed by atoms with Gasteiger partial charge in [0.2, 0.25) is 0 Å². The minimum Gasteiger partial charge on any atom is -0.408 e. The Hall–Kier alpha value is -1.05. The van der Waals surface area contributed by atoms with E-state index in [1.54, 1.807) is 13.3 Å². The van der Waals surface area contributed by atoms with Crippen molar-refractivity contribution in [3.05, 3.63) is 16.0 Å². The zero-order valence-corrected chi connectivity index (χ0v) is 9.65. The van der Waals surface area contributed by atoms with Crippen LogP contribution in [0.5, 0.6) is 0 Å². The Balaban J connectivity index is 2.16. The zero-order chi connectivity index (χ0) is 10.7. The molecule has 0 radical (unpaired) electrons. The van der Waals surface area contributed by atoms with Gasteiger partial charge in [0, 0.05) is 13.5 Å². The maximum atomic E-state index is 5.17. The summed E-state index contributed by atoms with van der Waals surface area (Å²) in [6, 6.07) is 0. The number of hydrogen-bond donors (Lipinski definition) is 1. The third kappa shape index (κ3) is 2.49. The molecule has 0 saturated heterocycles. The molecule has 0 aliphatic rings. The van der Waals surface area contributed by atoms with Gasteiger partial charge in [-0.25, -0.2) is 10.1 Å². The van der Waals surface area contributed by atoms with Crippen molar-refractivity contribution in [1.82, 2.24) is 15.2 Å². The van der Waals surface area contributed by atoms with Gasteiger partial charge in [-0.05, 0) is 12.2 Å². The van der Waals surface area contributed by atoms with Crippen LogP contribution < -0.4 is 0 Å². The van der Waals surface area contributed by atoms with Crippen LogP contribution in [0.1, 0.15) is 5.01 Å². The summed E-state index contributed by atoms with van der Waals surface area (Å²) < 4.78 is 10.1. The van der Waals surface area contributed by atoms with E-state index in [-0.39, 0.29) is 4.84 Å². The molecule has 0 amide bonds. The van der Waals surface area contributed by atoms with Crippen LogP contribution in [0.3, 0.4) is 0 Å². The highest BCUT2D eigenvalue weighted by atomic mass is 32.1. The number of nitrogens with one attached hydrogen (secondary N) is 1. The fourth-order valence-electron chi connectivity index (χ4n) is 1.05. The highest BCUT2D eigenvalue weighted by Gasteiger charge is 2.08. The summed E-state index contributed by atoms with van der Waals surface area (Å²) in [6.45, 7) is 0.664. The molecule has 0 saturated carbocycles. The first-order valence-corrected chi connectivity index (χ1v) is 5.51. The number of ether oxygens (including phenoxy) is 1. The zero-order valence-electron chi connectivity index (χ0n) is 8.02. The SMILES string of the molecule is COCCc1ncc(-c2n[nH]c(=S)o2)s1. The number of rotatable bonds is 4. The molecule has 0 unspecified atom stereocenters. The number of thiazole rings is 1. The van der Waals surface area contributed by atoms with E-state index >= 15 is 0 Å². The van der Waals surface area contributed by atoms with Gasteiger partial charge < -0.3 is 9.15 Å². The standard InChI is InChI=1S/C8H9N3O2S2/c1-12-3-2-6-9-4-5(15-6)7-10-11-8(14)13-7/h4H,2-3H2,1H3,(H,11,14). The molecule has 0 aromatic carbocycles. The van der Waals surface area contributed by atoms with Crippen molar-refractivity contribution in [3.8, 4) is 10.8 Å². The lowest BCUT2D eigenvalue weighted by Crippen LogP contribution is -1.92. The fourth-order valence-corrected chi connectivity index (χ4v) is 2.00. The molecule has 0 aliphatic carbocycles. The van der Waals surface area contributed by atoms with Gasteiger partial charge in [0.1, 0.15) is 4.88 Å². The van der Waals surface area contributed by atoms with Crippen LogP contribution in [0.4, 0.5) is 0 Å². The van der Waals surface area contributed by atoms with E-state index in [4.69, 9.17) is 21.4 Å². The Kier molecular flexibility index (Phi) is 3.24. The Morgan fingerprint density at radius 1 is 1.67 bits per heavy atom. The van der Waals surface area contributed by atoms with E-state index in [0.717, 1.165) is 16.3 Å². The summed E-state index contributed by atoms with van der Waals surface area (Å²) in [5.74, 6) is 0.487. The lowest BCUT2D eigenvalue weighted by atomic mass is 10.5. The van der Waals surface area contributed by atoms with Crippen LogP contribution in [-0.2, 0) is 11.2 Å². The quantitative estimate of drug-likeness (QED) is 0.832. The van der Waals surface area contributed by atoms with Gasteiger partial charge >= 0.3 is 0 Å². The summed E-state index contributed by atoms with van der Waals surface area (Å²) >= 11 is 6.31. The molecule has 0 bridgehead atoms. The predicted octanol–water partition coefficient (Wildman–Crippen LogP) is 2.04. The molecule has 7 heteroatoms. The molecule has 2 aromatic heterocycles. The fraction of sp³-hybridized carbons (Fsp3) is 0.375. The van der Waals surface area contributed by atoms with Crippen molar-refractivity contribution in [2.75, 3.05) is 13.7 Å². The number of aromatic nitrogens is 3. The molecule has 2 aromatic rings. The summed E-state index contributed by atoms with van der Waals surface area (Å²) in [6.07, 6.45) is 2.52. The number of hydrogen-bond acceptors (Lipinski definition) is 6. The van der Waals surface area contributed by atoms with E-state index in [2.05, 4.69) is 15.2 Å². The number of H-pyrrole nitrogens is 1. The van der Waals surface area contributed by atoms with Gasteiger partial charge in [0.05, 0.1) is 17.8 Å². The lowest BCUT2D eigenvalue weighted by molar-refractivity contribution is 0.202. The molecule has 0 aliphatic heterocycles. The normalized spacial score (nSPS) is 10.7. The van der Waals surface area contributed by atoms with E-state index in [1.165, 1.54) is 11.3 Å². The van der Waals surface area contributed by atoms with Crippen molar-refractivity contribution in [2.24, 2.45) is 0 Å². The van der Waals surface area contributed by atoms with Gasteiger partial charge in [-0.3, -0.25) is 0 Å². The number of methoxy groups -OCH3 is 1. The number of nitrogens with zero attached hydrogens (tertiary/aromatic N) is 2. The molecule has 0 atom stereocenters. The number of aromatic amines is 1. The lowest BCUT2D eigenvalue weighted by Gasteiger charge is -1.92. The first-order valence-electron chi connectivity index (χ1n) is 4.29. The molecule has 0 fully saturated rings. The van der Waals surface area contributed by atoms with Gasteiger partial charge in [-0.15, -0.1) is 16.4 Å². The van der Waals surface area contributed by atoms with Crippen LogP contribution >= 0.6 is 23.6 Å². The molecule has 15 heavy (non-hydrogen) atoms. The van der Waals surface area contributed by atoms with E-state index < -0.39 is 0 Å². The Bertz CT molecular complexity index is 488. The van der Waals surface area contributed by atoms with Crippen molar-refractivity contribution in [1.29, 1.82) is 0 Å². The van der Waals surface area contributed by atoms with E-state index in [0.29, 0.717) is 12.5 Å². The van der Waals surface area contributed by atoms with Crippen LogP contribution in [0.15, 0.2) is 10.6 Å². The minimum absolute atomic E-state index is 0.275. The van der Waals surface area contributed by atoms with Crippen LogP contribution in [0, 0.1) is 4.84 Å². The van der Waals surface area contributed by atoms with Gasteiger partial charge in [0.15, 0.2) is 0 Å². The predicted molar refractivity (Wildman–Crippen MR) is 58.4 cm³/mol. The highest BCUT2D eigenvalue weighted by Crippen LogP contribution is 2.24. The van der Waals surface area contributed by atoms with Crippen molar-refractivity contribution < 1.29 is 9.15 Å². The maximum absolute atomic E-state index is 5.17. The second kappa shape index (κ2) is 4.65. The molecule has 1 N–H and O–H groups in total. The monoisotopic (exact) mass is 243 g/mol. The molecule has 0 spiro atoms. The van der Waals surface area contributed by atoms with Crippen molar-refractivity contribution in [3.63, 3.8) is 0 Å². The van der Waals surface area contributed by atoms with Gasteiger partial charge in [0.25, 0.3) is 10.7 Å². The maximum Gasteiger partial charge on any atom is 0.284 e. The molecular weight excluding hydrogens is 234 g/mol. The minimum atomic E-state index is 0.275. The first-order chi connectivity index (χ1) is 7.29. The van der Waals surface area contributed by atoms with Crippen LogP contribution in [-0.4, -0.2) is 28.9 Å². The Labute approximate surface area is 95.1 Å². The topological polar surface area (TPSA) is 63.9 Å². The highest BCUT2D eigenvalue weighted by molar-refractivity contribution is 7.71. The van der Waals surface area contributed by atoms with E-state index in [9.17, 15) is 0 Å². The molecule has 2 heterocycles. The Morgan fingerprint density at radius 2 is 2.53 bits per heavy atom. The average molecular weight is 243 g/mol. The average Bonchev–Trinajstić information content (AvgIpc) is 2.83. The molecule has 80 valence electrons. The third-order valence-electron chi connectivity index (χ3n) is 1.72. The summed E-state index contributed by atoms with van der Waals surface area (Å²) in [4.78, 5) is 5.37. The van der Waals surface area contributed by atoms with Crippen LogP contribution in [0.25, 0.3) is 10.8 Å².